The molecular weight excluding hydrogens is 230 g/mol. The molecule has 0 aliphatic carbocycles. The van der Waals surface area contributed by atoms with Gasteiger partial charge < -0.3 is 15.2 Å². The molecule has 1 aromatic rings. The summed E-state index contributed by atoms with van der Waals surface area (Å²) in [5, 5.41) is 16.6. The number of nitrogens with one attached hydrogen (secondary N) is 1. The molecule has 2 N–H and O–H groups in total. The van der Waals surface area contributed by atoms with Gasteiger partial charge >= 0.3 is 0 Å². The van der Waals surface area contributed by atoms with Crippen LogP contribution in [0.4, 0.5) is 0 Å². The normalized spacial score (nSPS) is 11.4. The standard InChI is InChI=1S/C13H25N3O2/c1-10(2)14-9-13-11(3)15-16(12(13)4)5-7-18-8-6-17/h10,14,17H,5-9H2,1-4H3. The smallest absolute Gasteiger partial charge is 0.0698 e. The summed E-state index contributed by atoms with van der Waals surface area (Å²) in [6.45, 7) is 11.0. The van der Waals surface area contributed by atoms with E-state index >= 15 is 0 Å². The minimum Gasteiger partial charge on any atom is -0.394 e. The van der Waals surface area contributed by atoms with Gasteiger partial charge in [0.05, 0.1) is 32.1 Å². The second-order valence-electron chi connectivity index (χ2n) is 4.74. The molecule has 5 nitrogen and oxygen atoms in total. The zero-order valence-corrected chi connectivity index (χ0v) is 11.9. The van der Waals surface area contributed by atoms with Crippen LogP contribution in [0.2, 0.25) is 0 Å². The van der Waals surface area contributed by atoms with Crippen molar-refractivity contribution >= 4 is 0 Å². The lowest BCUT2D eigenvalue weighted by atomic mass is 10.2. The summed E-state index contributed by atoms with van der Waals surface area (Å²) >= 11 is 0. The highest BCUT2D eigenvalue weighted by Gasteiger charge is 2.11. The summed E-state index contributed by atoms with van der Waals surface area (Å²) < 4.78 is 7.24. The zero-order valence-electron chi connectivity index (χ0n) is 11.9. The molecule has 0 aromatic carbocycles. The summed E-state index contributed by atoms with van der Waals surface area (Å²) in [5.74, 6) is 0. The third kappa shape index (κ3) is 4.40. The van der Waals surface area contributed by atoms with Gasteiger partial charge in [0, 0.05) is 23.8 Å². The number of rotatable bonds is 8. The fraction of sp³-hybridized carbons (Fsp3) is 0.769. The number of aromatic nitrogens is 2. The van der Waals surface area contributed by atoms with Crippen molar-refractivity contribution < 1.29 is 9.84 Å². The summed E-state index contributed by atoms with van der Waals surface area (Å²) in [4.78, 5) is 0. The van der Waals surface area contributed by atoms with Crippen LogP contribution < -0.4 is 5.32 Å². The van der Waals surface area contributed by atoms with Gasteiger partial charge in [0.2, 0.25) is 0 Å². The zero-order chi connectivity index (χ0) is 13.5. The third-order valence-corrected chi connectivity index (χ3v) is 2.90. The number of aliphatic hydroxyl groups excluding tert-OH is 1. The predicted molar refractivity (Wildman–Crippen MR) is 71.6 cm³/mol. The molecule has 0 amide bonds. The van der Waals surface area contributed by atoms with Gasteiger partial charge in [-0.25, -0.2) is 0 Å². The molecule has 1 aromatic heterocycles. The molecule has 104 valence electrons. The van der Waals surface area contributed by atoms with E-state index in [1.165, 1.54) is 11.3 Å². The van der Waals surface area contributed by atoms with Gasteiger partial charge in [-0.3, -0.25) is 4.68 Å². The van der Waals surface area contributed by atoms with Crippen LogP contribution in [-0.4, -0.2) is 40.7 Å². The number of ether oxygens (including phenoxy) is 1. The summed E-state index contributed by atoms with van der Waals surface area (Å²) in [7, 11) is 0. The lowest BCUT2D eigenvalue weighted by Crippen LogP contribution is -2.22. The Morgan fingerprint density at radius 2 is 2.06 bits per heavy atom. The molecule has 0 saturated carbocycles. The fourth-order valence-electron chi connectivity index (χ4n) is 1.83. The van der Waals surface area contributed by atoms with Crippen molar-refractivity contribution in [2.45, 2.75) is 46.8 Å². The molecule has 0 atom stereocenters. The average molecular weight is 255 g/mol. The van der Waals surface area contributed by atoms with E-state index in [4.69, 9.17) is 9.84 Å². The topological polar surface area (TPSA) is 59.3 Å². The van der Waals surface area contributed by atoms with Gasteiger partial charge in [-0.2, -0.15) is 5.10 Å². The molecule has 5 heteroatoms. The largest absolute Gasteiger partial charge is 0.394 e. The van der Waals surface area contributed by atoms with Crippen LogP contribution in [0.25, 0.3) is 0 Å². The summed E-state index contributed by atoms with van der Waals surface area (Å²) in [5.41, 5.74) is 3.53. The van der Waals surface area contributed by atoms with Crippen LogP contribution in [0.1, 0.15) is 30.8 Å². The first kappa shape index (κ1) is 15.1. The van der Waals surface area contributed by atoms with Crippen LogP contribution in [0.15, 0.2) is 0 Å². The summed E-state index contributed by atoms with van der Waals surface area (Å²) in [6.07, 6.45) is 0. The Labute approximate surface area is 109 Å². The number of nitrogens with zero attached hydrogens (tertiary/aromatic N) is 2. The van der Waals surface area contributed by atoms with Gasteiger partial charge in [0.1, 0.15) is 0 Å². The molecule has 0 radical (unpaired) electrons. The molecule has 1 rings (SSSR count). The van der Waals surface area contributed by atoms with Gasteiger partial charge in [-0.1, -0.05) is 13.8 Å². The first-order valence-electron chi connectivity index (χ1n) is 6.51. The van der Waals surface area contributed by atoms with Crippen molar-refractivity contribution in [3.8, 4) is 0 Å². The average Bonchev–Trinajstić information content (AvgIpc) is 2.58. The Kier molecular flexibility index (Phi) is 6.32. The van der Waals surface area contributed by atoms with Crippen molar-refractivity contribution in [3.05, 3.63) is 17.0 Å². The summed E-state index contributed by atoms with van der Waals surface area (Å²) in [6, 6.07) is 0.472. The van der Waals surface area contributed by atoms with E-state index in [9.17, 15) is 0 Å². The van der Waals surface area contributed by atoms with E-state index in [1.807, 2.05) is 11.6 Å². The Hall–Kier alpha value is -0.910. The highest BCUT2D eigenvalue weighted by Crippen LogP contribution is 2.12. The van der Waals surface area contributed by atoms with Crippen molar-refractivity contribution in [2.24, 2.45) is 0 Å². The van der Waals surface area contributed by atoms with Crippen LogP contribution in [0.3, 0.4) is 0 Å². The number of hydrogen-bond donors (Lipinski definition) is 2. The molecule has 18 heavy (non-hydrogen) atoms. The molecule has 0 saturated heterocycles. The minimum absolute atomic E-state index is 0.0701. The Bertz CT molecular complexity index is 361. The number of hydrogen-bond acceptors (Lipinski definition) is 4. The van der Waals surface area contributed by atoms with Crippen molar-refractivity contribution in [1.82, 2.24) is 15.1 Å². The van der Waals surface area contributed by atoms with E-state index in [1.54, 1.807) is 0 Å². The van der Waals surface area contributed by atoms with Gasteiger partial charge in [0.15, 0.2) is 0 Å². The molecule has 0 fully saturated rings. The molecular formula is C13H25N3O2. The minimum atomic E-state index is 0.0701. The molecule has 0 aliphatic heterocycles. The Morgan fingerprint density at radius 1 is 1.33 bits per heavy atom. The van der Waals surface area contributed by atoms with Gasteiger partial charge in [-0.05, 0) is 13.8 Å². The second-order valence-corrected chi connectivity index (χ2v) is 4.74. The first-order chi connectivity index (χ1) is 8.56. The maximum Gasteiger partial charge on any atom is 0.0698 e. The van der Waals surface area contributed by atoms with Gasteiger partial charge in [0.25, 0.3) is 0 Å². The van der Waals surface area contributed by atoms with E-state index < -0.39 is 0 Å². The SMILES string of the molecule is Cc1nn(CCOCCO)c(C)c1CNC(C)C. The van der Waals surface area contributed by atoms with E-state index in [-0.39, 0.29) is 6.61 Å². The van der Waals surface area contributed by atoms with Crippen LogP contribution in [0, 0.1) is 13.8 Å². The maximum atomic E-state index is 8.63. The Balaban J connectivity index is 2.56. The molecule has 0 bridgehead atoms. The monoisotopic (exact) mass is 255 g/mol. The number of aryl methyl sites for hydroxylation is 1. The quantitative estimate of drug-likeness (QED) is 0.681. The fourth-order valence-corrected chi connectivity index (χ4v) is 1.83. The van der Waals surface area contributed by atoms with Crippen LogP contribution in [0.5, 0.6) is 0 Å². The number of aliphatic hydroxyl groups is 1. The van der Waals surface area contributed by atoms with E-state index in [0.29, 0.717) is 19.3 Å². The van der Waals surface area contributed by atoms with Crippen LogP contribution >= 0.6 is 0 Å². The lowest BCUT2D eigenvalue weighted by molar-refractivity contribution is 0.0850. The van der Waals surface area contributed by atoms with Gasteiger partial charge in [-0.15, -0.1) is 0 Å². The van der Waals surface area contributed by atoms with E-state index in [2.05, 4.69) is 31.2 Å². The first-order valence-corrected chi connectivity index (χ1v) is 6.51. The second kappa shape index (κ2) is 7.51. The molecule has 0 spiro atoms. The van der Waals surface area contributed by atoms with Crippen molar-refractivity contribution in [2.75, 3.05) is 19.8 Å². The molecule has 1 heterocycles. The van der Waals surface area contributed by atoms with Crippen molar-refractivity contribution in [1.29, 1.82) is 0 Å². The Morgan fingerprint density at radius 3 is 2.67 bits per heavy atom. The maximum absolute atomic E-state index is 8.63. The van der Waals surface area contributed by atoms with E-state index in [0.717, 1.165) is 18.8 Å². The molecule has 0 unspecified atom stereocenters. The van der Waals surface area contributed by atoms with Crippen LogP contribution in [-0.2, 0) is 17.8 Å². The third-order valence-electron chi connectivity index (χ3n) is 2.90. The molecule has 0 aliphatic rings. The highest BCUT2D eigenvalue weighted by molar-refractivity contribution is 5.24. The highest BCUT2D eigenvalue weighted by atomic mass is 16.5. The predicted octanol–water partition coefficient (Wildman–Crippen LogP) is 1.01. The lowest BCUT2D eigenvalue weighted by Gasteiger charge is -2.09. The van der Waals surface area contributed by atoms with Crippen molar-refractivity contribution in [3.63, 3.8) is 0 Å².